The highest BCUT2D eigenvalue weighted by Gasteiger charge is 2.19. The molecule has 2 amide bonds. The maximum Gasteiger partial charge on any atom is 0.268 e. The number of hydrogen-bond acceptors (Lipinski definition) is 3. The van der Waals surface area contributed by atoms with Crippen LogP contribution in [0, 0.1) is 5.92 Å². The van der Waals surface area contributed by atoms with Gasteiger partial charge >= 0.3 is 0 Å². The molecular formula is C14H24N4O2. The number of carbonyl (C=O) groups excluding carboxylic acids is 2. The van der Waals surface area contributed by atoms with Crippen LogP contribution in [0.15, 0.2) is 12.3 Å². The Kier molecular flexibility index (Phi) is 5.61. The SMILES string of the molecule is CCn1cc(N)cc1C(=O)NC(C)C(=O)NCC(C)C. The maximum absolute atomic E-state index is 12.1. The molecule has 1 aromatic rings. The molecule has 0 aliphatic carbocycles. The third-order valence-electron chi connectivity index (χ3n) is 2.92. The molecule has 4 N–H and O–H groups in total. The zero-order valence-electron chi connectivity index (χ0n) is 12.6. The van der Waals surface area contributed by atoms with E-state index < -0.39 is 6.04 Å². The molecule has 1 unspecified atom stereocenters. The van der Waals surface area contributed by atoms with Crippen molar-refractivity contribution in [2.45, 2.75) is 40.3 Å². The standard InChI is InChI=1S/C14H24N4O2/c1-5-18-8-11(15)6-12(18)14(20)17-10(4)13(19)16-7-9(2)3/h6,8-10H,5,7,15H2,1-4H3,(H,16,19)(H,17,20). The third kappa shape index (κ3) is 4.29. The Hall–Kier alpha value is -1.98. The van der Waals surface area contributed by atoms with E-state index in [1.807, 2.05) is 20.8 Å². The Bertz CT molecular complexity index is 480. The van der Waals surface area contributed by atoms with Gasteiger partial charge in [0.1, 0.15) is 11.7 Å². The first-order valence-corrected chi connectivity index (χ1v) is 6.89. The van der Waals surface area contributed by atoms with Crippen molar-refractivity contribution < 1.29 is 9.59 Å². The van der Waals surface area contributed by atoms with Gasteiger partial charge in [-0.3, -0.25) is 9.59 Å². The molecule has 112 valence electrons. The average molecular weight is 280 g/mol. The quantitative estimate of drug-likeness (QED) is 0.725. The van der Waals surface area contributed by atoms with Crippen molar-refractivity contribution in [1.29, 1.82) is 0 Å². The summed E-state index contributed by atoms with van der Waals surface area (Å²) in [6.45, 7) is 8.86. The summed E-state index contributed by atoms with van der Waals surface area (Å²) in [6.07, 6.45) is 1.71. The fraction of sp³-hybridized carbons (Fsp3) is 0.571. The van der Waals surface area contributed by atoms with E-state index >= 15 is 0 Å². The first kappa shape index (κ1) is 16.1. The molecule has 0 fully saturated rings. The van der Waals surface area contributed by atoms with Crippen LogP contribution in [0.1, 0.15) is 38.2 Å². The molecular weight excluding hydrogens is 256 g/mol. The lowest BCUT2D eigenvalue weighted by atomic mass is 10.2. The lowest BCUT2D eigenvalue weighted by molar-refractivity contribution is -0.122. The van der Waals surface area contributed by atoms with E-state index in [-0.39, 0.29) is 11.8 Å². The van der Waals surface area contributed by atoms with E-state index in [0.29, 0.717) is 30.4 Å². The maximum atomic E-state index is 12.1. The number of hydrogen-bond donors (Lipinski definition) is 3. The molecule has 0 spiro atoms. The molecule has 1 aromatic heterocycles. The number of nitrogens with one attached hydrogen (secondary N) is 2. The van der Waals surface area contributed by atoms with Crippen LogP contribution in [0.25, 0.3) is 0 Å². The van der Waals surface area contributed by atoms with Crippen molar-refractivity contribution in [3.8, 4) is 0 Å². The summed E-state index contributed by atoms with van der Waals surface area (Å²) in [5.41, 5.74) is 6.69. The van der Waals surface area contributed by atoms with Gasteiger partial charge in [0, 0.05) is 19.3 Å². The van der Waals surface area contributed by atoms with E-state index in [0.717, 1.165) is 0 Å². The Morgan fingerprint density at radius 2 is 2.00 bits per heavy atom. The first-order valence-electron chi connectivity index (χ1n) is 6.89. The summed E-state index contributed by atoms with van der Waals surface area (Å²) >= 11 is 0. The van der Waals surface area contributed by atoms with Crippen molar-refractivity contribution in [3.05, 3.63) is 18.0 Å². The minimum absolute atomic E-state index is 0.186. The van der Waals surface area contributed by atoms with E-state index in [4.69, 9.17) is 5.73 Å². The smallest absolute Gasteiger partial charge is 0.268 e. The van der Waals surface area contributed by atoms with Gasteiger partial charge in [0.2, 0.25) is 5.91 Å². The zero-order valence-corrected chi connectivity index (χ0v) is 12.6. The zero-order chi connectivity index (χ0) is 15.3. The van der Waals surface area contributed by atoms with Crippen molar-refractivity contribution >= 4 is 17.5 Å². The molecule has 0 bridgehead atoms. The van der Waals surface area contributed by atoms with Gasteiger partial charge < -0.3 is 20.9 Å². The molecule has 0 aliphatic heterocycles. The van der Waals surface area contributed by atoms with Gasteiger partial charge in [0.05, 0.1) is 5.69 Å². The van der Waals surface area contributed by atoms with Crippen molar-refractivity contribution in [2.75, 3.05) is 12.3 Å². The summed E-state index contributed by atoms with van der Waals surface area (Å²) in [5.74, 6) is -0.107. The second-order valence-electron chi connectivity index (χ2n) is 5.28. The first-order chi connectivity index (χ1) is 9.35. The minimum atomic E-state index is -0.581. The Balaban J connectivity index is 2.63. The van der Waals surface area contributed by atoms with Crippen molar-refractivity contribution in [1.82, 2.24) is 15.2 Å². The fourth-order valence-corrected chi connectivity index (χ4v) is 1.78. The molecule has 1 atom stereocenters. The summed E-state index contributed by atoms with van der Waals surface area (Å²) in [5, 5.41) is 5.47. The number of amides is 2. The second kappa shape index (κ2) is 6.98. The van der Waals surface area contributed by atoms with Gasteiger partial charge in [0.15, 0.2) is 0 Å². The highest BCUT2D eigenvalue weighted by atomic mass is 16.2. The molecule has 0 radical (unpaired) electrons. The normalized spacial score (nSPS) is 12.2. The highest BCUT2D eigenvalue weighted by Crippen LogP contribution is 2.10. The number of aryl methyl sites for hydroxylation is 1. The lowest BCUT2D eigenvalue weighted by Gasteiger charge is -2.15. The molecule has 0 aromatic carbocycles. The minimum Gasteiger partial charge on any atom is -0.397 e. The molecule has 1 rings (SSSR count). The molecule has 6 heteroatoms. The van der Waals surface area contributed by atoms with Gasteiger partial charge in [-0.15, -0.1) is 0 Å². The number of rotatable bonds is 6. The Morgan fingerprint density at radius 3 is 2.55 bits per heavy atom. The molecule has 0 aliphatic rings. The monoisotopic (exact) mass is 280 g/mol. The van der Waals surface area contributed by atoms with E-state index in [2.05, 4.69) is 10.6 Å². The summed E-state index contributed by atoms with van der Waals surface area (Å²) in [7, 11) is 0. The van der Waals surface area contributed by atoms with Crippen LogP contribution in [0.4, 0.5) is 5.69 Å². The number of aromatic nitrogens is 1. The van der Waals surface area contributed by atoms with Crippen molar-refractivity contribution in [3.63, 3.8) is 0 Å². The molecule has 1 heterocycles. The van der Waals surface area contributed by atoms with E-state index in [1.54, 1.807) is 23.8 Å². The van der Waals surface area contributed by atoms with Crippen LogP contribution >= 0.6 is 0 Å². The topological polar surface area (TPSA) is 89.2 Å². The largest absolute Gasteiger partial charge is 0.397 e. The second-order valence-corrected chi connectivity index (χ2v) is 5.28. The molecule has 20 heavy (non-hydrogen) atoms. The highest BCUT2D eigenvalue weighted by molar-refractivity contribution is 5.97. The number of carbonyl (C=O) groups is 2. The van der Waals surface area contributed by atoms with Gasteiger partial charge in [-0.25, -0.2) is 0 Å². The number of nitrogen functional groups attached to an aromatic ring is 1. The predicted molar refractivity (Wildman–Crippen MR) is 79.3 cm³/mol. The fourth-order valence-electron chi connectivity index (χ4n) is 1.78. The van der Waals surface area contributed by atoms with Crippen LogP contribution in [-0.2, 0) is 11.3 Å². The van der Waals surface area contributed by atoms with Crippen LogP contribution < -0.4 is 16.4 Å². The number of anilines is 1. The molecule has 6 nitrogen and oxygen atoms in total. The Labute approximate surface area is 119 Å². The van der Waals surface area contributed by atoms with Crippen molar-refractivity contribution in [2.24, 2.45) is 5.92 Å². The van der Waals surface area contributed by atoms with Gasteiger partial charge in [-0.05, 0) is 25.8 Å². The third-order valence-corrected chi connectivity index (χ3v) is 2.92. The Morgan fingerprint density at radius 1 is 1.35 bits per heavy atom. The molecule has 0 saturated carbocycles. The van der Waals surface area contributed by atoms with Crippen LogP contribution in [-0.4, -0.2) is 29.0 Å². The van der Waals surface area contributed by atoms with Gasteiger partial charge in [-0.2, -0.15) is 0 Å². The van der Waals surface area contributed by atoms with Gasteiger partial charge in [-0.1, -0.05) is 13.8 Å². The summed E-state index contributed by atoms with van der Waals surface area (Å²) < 4.78 is 1.75. The number of nitrogens with two attached hydrogens (primary N) is 1. The average Bonchev–Trinajstić information content (AvgIpc) is 2.76. The summed E-state index contributed by atoms with van der Waals surface area (Å²) in [6, 6.07) is 1.03. The van der Waals surface area contributed by atoms with Crippen LogP contribution in [0.2, 0.25) is 0 Å². The van der Waals surface area contributed by atoms with E-state index in [9.17, 15) is 9.59 Å². The van der Waals surface area contributed by atoms with Crippen LogP contribution in [0.3, 0.4) is 0 Å². The van der Waals surface area contributed by atoms with Crippen LogP contribution in [0.5, 0.6) is 0 Å². The lowest BCUT2D eigenvalue weighted by Crippen LogP contribution is -2.46. The van der Waals surface area contributed by atoms with E-state index in [1.165, 1.54) is 0 Å². The van der Waals surface area contributed by atoms with Gasteiger partial charge in [0.25, 0.3) is 5.91 Å². The predicted octanol–water partition coefficient (Wildman–Crippen LogP) is 0.981. The summed E-state index contributed by atoms with van der Waals surface area (Å²) in [4.78, 5) is 23.9. The molecule has 0 saturated heterocycles. The number of nitrogens with zero attached hydrogens (tertiary/aromatic N) is 1.